The van der Waals surface area contributed by atoms with E-state index in [1.807, 2.05) is 13.3 Å². The molecule has 0 aromatic heterocycles. The van der Waals surface area contributed by atoms with Crippen molar-refractivity contribution in [2.45, 2.75) is 44.5 Å². The zero-order valence-electron chi connectivity index (χ0n) is 8.31. The predicted molar refractivity (Wildman–Crippen MR) is 50.1 cm³/mol. The van der Waals surface area contributed by atoms with E-state index in [9.17, 15) is 10.2 Å². The Balaban J connectivity index is 2.48. The molecule has 0 aromatic carbocycles. The monoisotopic (exact) mass is 187 g/mol. The van der Waals surface area contributed by atoms with Crippen molar-refractivity contribution in [2.75, 3.05) is 7.11 Å². The van der Waals surface area contributed by atoms with Crippen LogP contribution in [0.15, 0.2) is 0 Å². The number of hydrogen-bond donors (Lipinski definition) is 2. The maximum absolute atomic E-state index is 9.61. The zero-order valence-corrected chi connectivity index (χ0v) is 8.31. The van der Waals surface area contributed by atoms with Crippen molar-refractivity contribution >= 4 is 0 Å². The predicted octanol–water partition coefficient (Wildman–Crippen LogP) is 0.747. The SMILES string of the molecule is COC1[CH]CC(C)C(O)CCC1O. The quantitative estimate of drug-likeness (QED) is 0.637. The minimum absolute atomic E-state index is 0.171. The molecule has 3 nitrogen and oxygen atoms in total. The van der Waals surface area contributed by atoms with Gasteiger partial charge in [0.2, 0.25) is 0 Å². The fraction of sp³-hybridized carbons (Fsp3) is 0.900. The van der Waals surface area contributed by atoms with Crippen LogP contribution in [0, 0.1) is 12.3 Å². The van der Waals surface area contributed by atoms with Crippen LogP contribution in [-0.4, -0.2) is 35.6 Å². The zero-order chi connectivity index (χ0) is 9.84. The van der Waals surface area contributed by atoms with Gasteiger partial charge in [-0.25, -0.2) is 0 Å². The normalized spacial score (nSPS) is 42.5. The molecular formula is C10H19O3. The Morgan fingerprint density at radius 2 is 1.85 bits per heavy atom. The van der Waals surface area contributed by atoms with E-state index in [1.54, 1.807) is 7.11 Å². The van der Waals surface area contributed by atoms with E-state index in [-0.39, 0.29) is 18.1 Å². The van der Waals surface area contributed by atoms with Crippen LogP contribution in [-0.2, 0) is 4.74 Å². The summed E-state index contributed by atoms with van der Waals surface area (Å²) < 4.78 is 5.14. The highest BCUT2D eigenvalue weighted by Gasteiger charge is 2.26. The molecule has 1 aliphatic carbocycles. The van der Waals surface area contributed by atoms with E-state index in [1.165, 1.54) is 0 Å². The summed E-state index contributed by atoms with van der Waals surface area (Å²) >= 11 is 0. The molecule has 0 bridgehead atoms. The average molecular weight is 187 g/mol. The first-order valence-electron chi connectivity index (χ1n) is 4.87. The Morgan fingerprint density at radius 3 is 2.46 bits per heavy atom. The van der Waals surface area contributed by atoms with Gasteiger partial charge in [-0.3, -0.25) is 0 Å². The van der Waals surface area contributed by atoms with Crippen molar-refractivity contribution in [2.24, 2.45) is 5.92 Å². The van der Waals surface area contributed by atoms with E-state index in [2.05, 4.69) is 0 Å². The molecule has 1 rings (SSSR count). The van der Waals surface area contributed by atoms with Crippen molar-refractivity contribution in [3.05, 3.63) is 6.42 Å². The third-order valence-corrected chi connectivity index (χ3v) is 2.81. The smallest absolute Gasteiger partial charge is 0.0861 e. The van der Waals surface area contributed by atoms with Crippen LogP contribution in [0.25, 0.3) is 0 Å². The lowest BCUT2D eigenvalue weighted by molar-refractivity contribution is -0.0212. The molecule has 0 spiro atoms. The molecule has 77 valence electrons. The lowest BCUT2D eigenvalue weighted by Gasteiger charge is -2.29. The summed E-state index contributed by atoms with van der Waals surface area (Å²) in [5.74, 6) is 0.269. The highest BCUT2D eigenvalue weighted by Crippen LogP contribution is 2.23. The summed E-state index contributed by atoms with van der Waals surface area (Å²) in [6, 6.07) is 0. The van der Waals surface area contributed by atoms with Gasteiger partial charge in [0, 0.05) is 7.11 Å². The van der Waals surface area contributed by atoms with E-state index in [0.29, 0.717) is 12.8 Å². The number of rotatable bonds is 1. The van der Waals surface area contributed by atoms with Crippen molar-refractivity contribution in [1.29, 1.82) is 0 Å². The fourth-order valence-electron chi connectivity index (χ4n) is 1.71. The first kappa shape index (κ1) is 11.0. The average Bonchev–Trinajstić information content (AvgIpc) is 2.13. The van der Waals surface area contributed by atoms with E-state index in [0.717, 1.165) is 6.42 Å². The molecule has 0 saturated heterocycles. The molecular weight excluding hydrogens is 168 g/mol. The molecule has 1 radical (unpaired) electrons. The molecule has 3 heteroatoms. The van der Waals surface area contributed by atoms with Crippen LogP contribution >= 0.6 is 0 Å². The van der Waals surface area contributed by atoms with Gasteiger partial charge < -0.3 is 14.9 Å². The van der Waals surface area contributed by atoms with Crippen LogP contribution < -0.4 is 0 Å². The Hall–Kier alpha value is -0.120. The summed E-state index contributed by atoms with van der Waals surface area (Å²) in [4.78, 5) is 0. The molecule has 1 saturated carbocycles. The van der Waals surface area contributed by atoms with Gasteiger partial charge in [-0.2, -0.15) is 0 Å². The van der Waals surface area contributed by atoms with Gasteiger partial charge in [0.25, 0.3) is 0 Å². The maximum atomic E-state index is 9.61. The molecule has 4 atom stereocenters. The number of methoxy groups -OCH3 is 1. The lowest BCUT2D eigenvalue weighted by atomic mass is 9.87. The summed E-state index contributed by atoms with van der Waals surface area (Å²) in [6.07, 6.45) is 3.11. The Morgan fingerprint density at radius 1 is 1.23 bits per heavy atom. The molecule has 0 aromatic rings. The van der Waals surface area contributed by atoms with Crippen LogP contribution in [0.2, 0.25) is 0 Å². The van der Waals surface area contributed by atoms with E-state index >= 15 is 0 Å². The maximum Gasteiger partial charge on any atom is 0.0861 e. The van der Waals surface area contributed by atoms with Gasteiger partial charge in [0.05, 0.1) is 18.3 Å². The number of aliphatic hydroxyl groups excluding tert-OH is 2. The van der Waals surface area contributed by atoms with Crippen LogP contribution in [0.5, 0.6) is 0 Å². The largest absolute Gasteiger partial charge is 0.393 e. The summed E-state index contributed by atoms with van der Waals surface area (Å²) in [5, 5.41) is 19.2. The summed E-state index contributed by atoms with van der Waals surface area (Å²) in [5.41, 5.74) is 0. The van der Waals surface area contributed by atoms with Gasteiger partial charge in [0.1, 0.15) is 0 Å². The Labute approximate surface area is 79.7 Å². The number of ether oxygens (including phenoxy) is 1. The summed E-state index contributed by atoms with van der Waals surface area (Å²) in [7, 11) is 1.60. The molecule has 0 aliphatic heterocycles. The van der Waals surface area contributed by atoms with Crippen molar-refractivity contribution in [3.8, 4) is 0 Å². The number of aliphatic hydroxyl groups is 2. The minimum Gasteiger partial charge on any atom is -0.393 e. The Kier molecular flexibility index (Phi) is 4.16. The van der Waals surface area contributed by atoms with Crippen LogP contribution in [0.1, 0.15) is 26.2 Å². The Bertz CT molecular complexity index is 149. The van der Waals surface area contributed by atoms with Gasteiger partial charge in [0.15, 0.2) is 0 Å². The topological polar surface area (TPSA) is 49.7 Å². The van der Waals surface area contributed by atoms with Crippen LogP contribution in [0.3, 0.4) is 0 Å². The third-order valence-electron chi connectivity index (χ3n) is 2.81. The van der Waals surface area contributed by atoms with Gasteiger partial charge in [-0.15, -0.1) is 0 Å². The third kappa shape index (κ3) is 2.93. The van der Waals surface area contributed by atoms with E-state index < -0.39 is 6.10 Å². The second-order valence-electron chi connectivity index (χ2n) is 3.86. The molecule has 0 heterocycles. The molecule has 0 amide bonds. The summed E-state index contributed by atoms with van der Waals surface area (Å²) in [6.45, 7) is 2.02. The molecule has 1 fully saturated rings. The minimum atomic E-state index is -0.466. The molecule has 4 unspecified atom stereocenters. The van der Waals surface area contributed by atoms with Crippen molar-refractivity contribution in [1.82, 2.24) is 0 Å². The molecule has 13 heavy (non-hydrogen) atoms. The second-order valence-corrected chi connectivity index (χ2v) is 3.86. The number of hydrogen-bond acceptors (Lipinski definition) is 3. The van der Waals surface area contributed by atoms with Gasteiger partial charge >= 0.3 is 0 Å². The van der Waals surface area contributed by atoms with Crippen molar-refractivity contribution < 1.29 is 14.9 Å². The fourth-order valence-corrected chi connectivity index (χ4v) is 1.71. The molecule has 1 aliphatic rings. The van der Waals surface area contributed by atoms with Crippen LogP contribution in [0.4, 0.5) is 0 Å². The highest BCUT2D eigenvalue weighted by molar-refractivity contribution is 4.89. The second kappa shape index (κ2) is 4.94. The van der Waals surface area contributed by atoms with E-state index in [4.69, 9.17) is 4.74 Å². The highest BCUT2D eigenvalue weighted by atomic mass is 16.5. The first-order valence-corrected chi connectivity index (χ1v) is 4.87. The standard InChI is InChI=1S/C10H19O3/c1-7-3-6-10(13-2)9(12)5-4-8(7)11/h6-12H,3-5H2,1-2H3. The van der Waals surface area contributed by atoms with Gasteiger partial charge in [-0.05, 0) is 31.6 Å². The van der Waals surface area contributed by atoms with Crippen molar-refractivity contribution in [3.63, 3.8) is 0 Å². The first-order chi connectivity index (χ1) is 6.15. The van der Waals surface area contributed by atoms with Gasteiger partial charge in [-0.1, -0.05) is 6.92 Å². The molecule has 2 N–H and O–H groups in total. The lowest BCUT2D eigenvalue weighted by Crippen LogP contribution is -2.34.